The molecule has 0 rings (SSSR count). The molecule has 0 aliphatic heterocycles. The number of hydrogen-bond donors (Lipinski definition) is 0. The third kappa shape index (κ3) is 48.9. The normalized spacial score (nSPS) is 9.68. The van der Waals surface area contributed by atoms with Gasteiger partial charge in [0.2, 0.25) is 0 Å². The fourth-order valence-corrected chi connectivity index (χ4v) is 4.07. The number of carbonyl (C=O) groups is 2. The quantitative estimate of drug-likeness (QED) is 0.144. The van der Waals surface area contributed by atoms with E-state index in [2.05, 4.69) is 23.7 Å². The number of aliphatic carboxylic acids is 2. The van der Waals surface area contributed by atoms with Crippen molar-refractivity contribution in [2.75, 3.05) is 23.0 Å². The van der Waals surface area contributed by atoms with Gasteiger partial charge in [0, 0.05) is 11.5 Å². The van der Waals surface area contributed by atoms with Crippen molar-refractivity contribution in [1.29, 1.82) is 0 Å². The summed E-state index contributed by atoms with van der Waals surface area (Å²) in [5.41, 5.74) is 0. The SMILES string of the molecule is CCCCCCCCCSCC(=O)[O-].CCCCCCCCCSCC(=O)[O-].[CH3][Sn+2][CH3]. The fourth-order valence-electron chi connectivity index (χ4n) is 2.63. The Bertz CT molecular complexity index is 326. The number of unbranched alkanes of at least 4 members (excludes halogenated alkanes) is 12. The molecule has 0 aliphatic rings. The molecule has 0 fully saturated rings. The van der Waals surface area contributed by atoms with Crippen molar-refractivity contribution in [3.05, 3.63) is 0 Å². The van der Waals surface area contributed by atoms with Gasteiger partial charge in [0.1, 0.15) is 0 Å². The molecular weight excluding hydrogens is 535 g/mol. The van der Waals surface area contributed by atoms with Crippen LogP contribution in [0.15, 0.2) is 0 Å². The van der Waals surface area contributed by atoms with E-state index < -0.39 is 11.9 Å². The average molecular weight is 583 g/mol. The van der Waals surface area contributed by atoms with Crippen molar-refractivity contribution >= 4 is 56.6 Å². The second-order valence-electron chi connectivity index (χ2n) is 7.59. The first kappa shape index (κ1) is 36.0. The predicted octanol–water partition coefficient (Wildman–Crippen LogP) is 5.23. The van der Waals surface area contributed by atoms with Gasteiger partial charge in [0.05, 0.1) is 11.9 Å². The Morgan fingerprint density at radius 3 is 1.10 bits per heavy atom. The van der Waals surface area contributed by atoms with Crippen LogP contribution in [0.4, 0.5) is 0 Å². The van der Waals surface area contributed by atoms with Gasteiger partial charge in [-0.25, -0.2) is 0 Å². The summed E-state index contributed by atoms with van der Waals surface area (Å²) in [4.78, 5) is 24.7. The molecule has 31 heavy (non-hydrogen) atoms. The predicted molar refractivity (Wildman–Crippen MR) is 138 cm³/mol. The van der Waals surface area contributed by atoms with Crippen LogP contribution in [-0.4, -0.2) is 56.1 Å². The van der Waals surface area contributed by atoms with Gasteiger partial charge < -0.3 is 19.8 Å². The molecular formula is C24H48O4S2Sn. The summed E-state index contributed by atoms with van der Waals surface area (Å²) in [7, 11) is 0. The third-order valence-electron chi connectivity index (χ3n) is 4.22. The van der Waals surface area contributed by atoms with Crippen molar-refractivity contribution in [2.24, 2.45) is 0 Å². The van der Waals surface area contributed by atoms with Crippen LogP contribution >= 0.6 is 23.5 Å². The van der Waals surface area contributed by atoms with E-state index in [4.69, 9.17) is 0 Å². The maximum atomic E-state index is 10.1. The van der Waals surface area contributed by atoms with Crippen molar-refractivity contribution < 1.29 is 19.8 Å². The number of thioether (sulfide) groups is 2. The molecule has 0 radical (unpaired) electrons. The second-order valence-corrected chi connectivity index (χ2v) is 12.7. The van der Waals surface area contributed by atoms with Gasteiger partial charge in [-0.1, -0.05) is 90.9 Å². The van der Waals surface area contributed by atoms with Gasteiger partial charge in [-0.05, 0) is 24.3 Å². The molecule has 184 valence electrons. The average Bonchev–Trinajstić information content (AvgIpc) is 2.72. The zero-order chi connectivity index (χ0) is 24.0. The van der Waals surface area contributed by atoms with Crippen LogP contribution in [0.2, 0.25) is 9.88 Å². The van der Waals surface area contributed by atoms with E-state index in [1.165, 1.54) is 101 Å². The topological polar surface area (TPSA) is 80.3 Å². The van der Waals surface area contributed by atoms with E-state index in [0.29, 0.717) is 0 Å². The zero-order valence-corrected chi connectivity index (χ0v) is 25.2. The molecule has 0 unspecified atom stereocenters. The van der Waals surface area contributed by atoms with E-state index in [0.717, 1.165) is 24.3 Å². The van der Waals surface area contributed by atoms with Gasteiger partial charge in [0.15, 0.2) is 0 Å². The molecule has 0 saturated heterocycles. The Morgan fingerprint density at radius 1 is 0.581 bits per heavy atom. The Balaban J connectivity index is -0.000000448. The summed E-state index contributed by atoms with van der Waals surface area (Å²) in [6.45, 7) is 4.44. The molecule has 0 heterocycles. The third-order valence-corrected chi connectivity index (χ3v) is 6.26. The van der Waals surface area contributed by atoms with Crippen LogP contribution in [0.1, 0.15) is 104 Å². The van der Waals surface area contributed by atoms with Crippen LogP contribution in [0.5, 0.6) is 0 Å². The Hall–Kier alpha value is 0.439. The summed E-state index contributed by atoms with van der Waals surface area (Å²) in [6, 6.07) is 0. The molecule has 0 aromatic carbocycles. The van der Waals surface area contributed by atoms with Crippen LogP contribution in [-0.2, 0) is 9.59 Å². The van der Waals surface area contributed by atoms with Crippen LogP contribution in [0.25, 0.3) is 0 Å². The molecule has 0 amide bonds. The molecule has 0 aromatic heterocycles. The summed E-state index contributed by atoms with van der Waals surface area (Å²) in [5, 5.41) is 20.1. The minimum absolute atomic E-state index is 0.149. The second kappa shape index (κ2) is 35.0. The number of carboxylic acids is 2. The Labute approximate surface area is 212 Å². The van der Waals surface area contributed by atoms with Gasteiger partial charge in [-0.2, -0.15) is 23.5 Å². The summed E-state index contributed by atoms with van der Waals surface area (Å²) in [5.74, 6) is 0.325. The minimum atomic E-state index is -0.946. The van der Waals surface area contributed by atoms with Crippen LogP contribution < -0.4 is 10.2 Å². The summed E-state index contributed by atoms with van der Waals surface area (Å²) in [6.07, 6.45) is 18.0. The van der Waals surface area contributed by atoms with E-state index in [1.54, 1.807) is 0 Å². The van der Waals surface area contributed by atoms with Gasteiger partial charge in [-0.15, -0.1) is 0 Å². The molecule has 0 atom stereocenters. The van der Waals surface area contributed by atoms with Crippen molar-refractivity contribution in [3.63, 3.8) is 0 Å². The van der Waals surface area contributed by atoms with E-state index in [9.17, 15) is 19.8 Å². The number of carbonyl (C=O) groups excluding carboxylic acids is 2. The first-order valence-corrected chi connectivity index (χ1v) is 20.1. The molecule has 0 aliphatic carbocycles. The van der Waals surface area contributed by atoms with Crippen molar-refractivity contribution in [3.8, 4) is 0 Å². The first-order valence-electron chi connectivity index (χ1n) is 12.1. The number of hydrogen-bond acceptors (Lipinski definition) is 6. The van der Waals surface area contributed by atoms with Crippen LogP contribution in [0, 0.1) is 0 Å². The standard InChI is InChI=1S/2C11H22O2S.2CH3.Sn/c2*1-2-3-4-5-6-7-8-9-14-10-11(12)13;;;/h2*2-10H2,1H3,(H,12,13);2*1H3;/q;;;;+2/p-2. The molecule has 0 bridgehead atoms. The molecule has 0 aromatic rings. The Morgan fingerprint density at radius 2 is 0.839 bits per heavy atom. The molecule has 0 saturated carbocycles. The molecule has 7 heteroatoms. The van der Waals surface area contributed by atoms with Crippen molar-refractivity contribution in [2.45, 2.75) is 114 Å². The Kier molecular flexibility index (Phi) is 40.7. The summed E-state index contributed by atoms with van der Waals surface area (Å²) >= 11 is 3.17. The zero-order valence-electron chi connectivity index (χ0n) is 20.7. The van der Waals surface area contributed by atoms with Crippen molar-refractivity contribution in [1.82, 2.24) is 0 Å². The molecule has 0 spiro atoms. The van der Waals surface area contributed by atoms with Crippen LogP contribution in [0.3, 0.4) is 0 Å². The summed E-state index contributed by atoms with van der Waals surface area (Å²) < 4.78 is 0. The van der Waals surface area contributed by atoms with Gasteiger partial charge in [0.25, 0.3) is 0 Å². The van der Waals surface area contributed by atoms with E-state index >= 15 is 0 Å². The molecule has 4 nitrogen and oxygen atoms in total. The monoisotopic (exact) mass is 584 g/mol. The molecule has 0 N–H and O–H groups in total. The van der Waals surface area contributed by atoms with Gasteiger partial charge >= 0.3 is 31.0 Å². The maximum absolute atomic E-state index is 10.1. The van der Waals surface area contributed by atoms with Gasteiger partial charge in [-0.3, -0.25) is 0 Å². The fraction of sp³-hybridized carbons (Fsp3) is 0.917. The number of carboxylic acid groups (broad SMARTS) is 2. The van der Waals surface area contributed by atoms with E-state index in [1.807, 2.05) is 0 Å². The first-order chi connectivity index (χ1) is 15.0. The van der Waals surface area contributed by atoms with E-state index in [-0.39, 0.29) is 32.6 Å². The number of rotatable bonds is 20.